The molecule has 1 aliphatic heterocycles. The molecule has 30 heavy (non-hydrogen) atoms. The van der Waals surface area contributed by atoms with E-state index < -0.39 is 21.6 Å². The Morgan fingerprint density at radius 3 is 2.43 bits per heavy atom. The topological polar surface area (TPSA) is 66.5 Å². The van der Waals surface area contributed by atoms with E-state index in [1.54, 1.807) is 0 Å². The molecule has 1 atom stereocenters. The Labute approximate surface area is 182 Å². The van der Waals surface area contributed by atoms with Gasteiger partial charge in [-0.25, -0.2) is 17.1 Å². The normalized spacial score (nSPS) is 16.9. The molecule has 8 heteroatoms. The molecule has 0 radical (unpaired) electrons. The fraction of sp³-hybridized carbons (Fsp3) is 0.409. The maximum absolute atomic E-state index is 14.0. The molecular formula is C22H26ClFN2O3S. The average molecular weight is 453 g/mol. The molecule has 1 N–H and O–H groups in total. The molecule has 0 aliphatic carbocycles. The molecule has 162 valence electrons. The van der Waals surface area contributed by atoms with Crippen molar-refractivity contribution < 1.29 is 17.6 Å². The number of halogens is 2. The first-order chi connectivity index (χ1) is 14.3. The highest BCUT2D eigenvalue weighted by Gasteiger charge is 2.32. The zero-order valence-corrected chi connectivity index (χ0v) is 18.4. The maximum Gasteiger partial charge on any atom is 0.223 e. The van der Waals surface area contributed by atoms with Crippen LogP contribution in [-0.2, 0) is 20.6 Å². The van der Waals surface area contributed by atoms with Gasteiger partial charge in [-0.2, -0.15) is 0 Å². The highest BCUT2D eigenvalue weighted by atomic mass is 35.5. The predicted molar refractivity (Wildman–Crippen MR) is 116 cm³/mol. The number of amides is 1. The van der Waals surface area contributed by atoms with E-state index in [9.17, 15) is 17.6 Å². The molecule has 1 heterocycles. The van der Waals surface area contributed by atoms with Gasteiger partial charge in [-0.3, -0.25) is 4.79 Å². The van der Waals surface area contributed by atoms with Crippen LogP contribution in [0, 0.1) is 11.7 Å². The zero-order chi connectivity index (χ0) is 21.7. The van der Waals surface area contributed by atoms with Crippen molar-refractivity contribution in [2.45, 2.75) is 38.0 Å². The summed E-state index contributed by atoms with van der Waals surface area (Å²) in [7, 11) is -3.72. The molecule has 1 fully saturated rings. The number of piperidine rings is 1. The van der Waals surface area contributed by atoms with Gasteiger partial charge in [-0.05, 0) is 37.0 Å². The van der Waals surface area contributed by atoms with E-state index in [0.717, 1.165) is 12.0 Å². The van der Waals surface area contributed by atoms with Crippen LogP contribution >= 0.6 is 11.6 Å². The SMILES string of the molecule is CC[C@@H](NC(=O)C1CCN(S(=O)(=O)Cc2c(F)cccc2Cl)CC1)c1ccccc1. The van der Waals surface area contributed by atoms with Gasteiger partial charge in [0.05, 0.1) is 11.8 Å². The van der Waals surface area contributed by atoms with Crippen LogP contribution in [0.1, 0.15) is 43.4 Å². The van der Waals surface area contributed by atoms with Crippen LogP contribution < -0.4 is 5.32 Å². The lowest BCUT2D eigenvalue weighted by Crippen LogP contribution is -2.44. The lowest BCUT2D eigenvalue weighted by molar-refractivity contribution is -0.126. The number of benzene rings is 2. The number of sulfonamides is 1. The molecule has 0 bridgehead atoms. The summed E-state index contributed by atoms with van der Waals surface area (Å²) in [5, 5.41) is 3.18. The number of rotatable bonds is 7. The van der Waals surface area contributed by atoms with Crippen molar-refractivity contribution in [2.24, 2.45) is 5.92 Å². The number of nitrogens with one attached hydrogen (secondary N) is 1. The first kappa shape index (κ1) is 22.7. The van der Waals surface area contributed by atoms with Crippen LogP contribution in [0.3, 0.4) is 0 Å². The molecule has 1 amide bonds. The van der Waals surface area contributed by atoms with E-state index in [4.69, 9.17) is 11.6 Å². The Kier molecular flexibility index (Phi) is 7.50. The molecule has 1 saturated heterocycles. The van der Waals surface area contributed by atoms with Gasteiger partial charge >= 0.3 is 0 Å². The monoisotopic (exact) mass is 452 g/mol. The molecule has 5 nitrogen and oxygen atoms in total. The Balaban J connectivity index is 1.59. The number of hydrogen-bond acceptors (Lipinski definition) is 3. The first-order valence-corrected chi connectivity index (χ1v) is 12.1. The van der Waals surface area contributed by atoms with Crippen LogP contribution in [0.2, 0.25) is 5.02 Å². The molecule has 1 aliphatic rings. The van der Waals surface area contributed by atoms with E-state index in [2.05, 4.69) is 5.32 Å². The minimum absolute atomic E-state index is 0.0207. The third kappa shape index (κ3) is 5.39. The largest absolute Gasteiger partial charge is 0.349 e. The van der Waals surface area contributed by atoms with Crippen molar-refractivity contribution in [1.29, 1.82) is 0 Å². The van der Waals surface area contributed by atoms with Gasteiger partial charge < -0.3 is 5.32 Å². The molecule has 0 unspecified atom stereocenters. The van der Waals surface area contributed by atoms with Gasteiger partial charge in [0.2, 0.25) is 15.9 Å². The van der Waals surface area contributed by atoms with E-state index in [1.165, 1.54) is 22.5 Å². The maximum atomic E-state index is 14.0. The average Bonchev–Trinajstić information content (AvgIpc) is 2.75. The van der Waals surface area contributed by atoms with Crippen molar-refractivity contribution in [3.63, 3.8) is 0 Å². The minimum Gasteiger partial charge on any atom is -0.349 e. The van der Waals surface area contributed by atoms with Gasteiger partial charge in [-0.1, -0.05) is 54.9 Å². The first-order valence-electron chi connectivity index (χ1n) is 10.1. The number of carbonyl (C=O) groups excluding carboxylic acids is 1. The Hall–Kier alpha value is -1.96. The van der Waals surface area contributed by atoms with Crippen molar-refractivity contribution >= 4 is 27.5 Å². The molecule has 2 aromatic carbocycles. The van der Waals surface area contributed by atoms with Gasteiger partial charge in [0.15, 0.2) is 0 Å². The van der Waals surface area contributed by atoms with Gasteiger partial charge in [0.25, 0.3) is 0 Å². The summed E-state index contributed by atoms with van der Waals surface area (Å²) >= 11 is 5.98. The quantitative estimate of drug-likeness (QED) is 0.681. The molecule has 3 rings (SSSR count). The summed E-state index contributed by atoms with van der Waals surface area (Å²) in [5.74, 6) is -1.42. The summed E-state index contributed by atoms with van der Waals surface area (Å²) in [6.07, 6.45) is 1.63. The van der Waals surface area contributed by atoms with E-state index in [0.29, 0.717) is 12.8 Å². The fourth-order valence-corrected chi connectivity index (χ4v) is 5.65. The van der Waals surface area contributed by atoms with E-state index >= 15 is 0 Å². The fourth-order valence-electron chi connectivity index (χ4n) is 3.74. The van der Waals surface area contributed by atoms with Gasteiger partial charge in [-0.15, -0.1) is 0 Å². The third-order valence-corrected chi connectivity index (χ3v) is 7.69. The molecule has 0 spiro atoms. The predicted octanol–water partition coefficient (Wildman–Crippen LogP) is 4.29. The van der Waals surface area contributed by atoms with Crippen LogP contribution in [0.5, 0.6) is 0 Å². The molecule has 0 aromatic heterocycles. The van der Waals surface area contributed by atoms with Crippen molar-refractivity contribution in [1.82, 2.24) is 9.62 Å². The highest BCUT2D eigenvalue weighted by molar-refractivity contribution is 7.88. The minimum atomic E-state index is -3.72. The zero-order valence-electron chi connectivity index (χ0n) is 16.9. The Morgan fingerprint density at radius 2 is 1.83 bits per heavy atom. The number of nitrogens with zero attached hydrogens (tertiary/aromatic N) is 1. The third-order valence-electron chi connectivity index (χ3n) is 5.53. The molecule has 2 aromatic rings. The van der Waals surface area contributed by atoms with E-state index in [-0.39, 0.29) is 41.5 Å². The van der Waals surface area contributed by atoms with Crippen LogP contribution in [0.15, 0.2) is 48.5 Å². The van der Waals surface area contributed by atoms with Crippen LogP contribution in [0.25, 0.3) is 0 Å². The lowest BCUT2D eigenvalue weighted by Gasteiger charge is -2.31. The second kappa shape index (κ2) is 9.90. The van der Waals surface area contributed by atoms with Gasteiger partial charge in [0, 0.05) is 29.6 Å². The smallest absolute Gasteiger partial charge is 0.223 e. The number of carbonyl (C=O) groups is 1. The lowest BCUT2D eigenvalue weighted by atomic mass is 9.96. The summed E-state index contributed by atoms with van der Waals surface area (Å²) in [4.78, 5) is 12.7. The van der Waals surface area contributed by atoms with Crippen molar-refractivity contribution in [3.05, 3.63) is 70.5 Å². The molecular weight excluding hydrogens is 427 g/mol. The van der Waals surface area contributed by atoms with Crippen molar-refractivity contribution in [2.75, 3.05) is 13.1 Å². The highest BCUT2D eigenvalue weighted by Crippen LogP contribution is 2.26. The Bertz CT molecular complexity index is 957. The molecule has 0 saturated carbocycles. The van der Waals surface area contributed by atoms with Crippen LogP contribution in [-0.4, -0.2) is 31.7 Å². The number of hydrogen-bond donors (Lipinski definition) is 1. The standard InChI is InChI=1S/C22H26ClFN2O3S/c1-2-21(16-7-4-3-5-8-16)25-22(27)17-11-13-26(14-12-17)30(28,29)15-18-19(23)9-6-10-20(18)24/h3-10,17,21H,2,11-15H2,1H3,(H,25,27)/t21-/m1/s1. The Morgan fingerprint density at radius 1 is 1.17 bits per heavy atom. The summed E-state index contributed by atoms with van der Waals surface area (Å²) in [6, 6.07) is 13.8. The van der Waals surface area contributed by atoms with Crippen LogP contribution in [0.4, 0.5) is 4.39 Å². The second-order valence-electron chi connectivity index (χ2n) is 7.51. The summed E-state index contributed by atoms with van der Waals surface area (Å²) in [5.41, 5.74) is 1.03. The van der Waals surface area contributed by atoms with E-state index in [1.807, 2.05) is 37.3 Å². The summed E-state index contributed by atoms with van der Waals surface area (Å²) in [6.45, 7) is 2.48. The van der Waals surface area contributed by atoms with Crippen molar-refractivity contribution in [3.8, 4) is 0 Å². The second-order valence-corrected chi connectivity index (χ2v) is 9.89. The summed E-state index contributed by atoms with van der Waals surface area (Å²) < 4.78 is 40.8. The van der Waals surface area contributed by atoms with Gasteiger partial charge in [0.1, 0.15) is 5.82 Å².